The Kier molecular flexibility index (Phi) is 4.16. The summed E-state index contributed by atoms with van der Waals surface area (Å²) in [7, 11) is 0. The van der Waals surface area contributed by atoms with Gasteiger partial charge >= 0.3 is 5.69 Å². The Bertz CT molecular complexity index is 666. The second-order valence-electron chi connectivity index (χ2n) is 3.86. The first kappa shape index (κ1) is 14.2. The molecule has 0 heterocycles. The summed E-state index contributed by atoms with van der Waals surface area (Å²) >= 11 is 3.04. The van der Waals surface area contributed by atoms with Gasteiger partial charge in [0.05, 0.1) is 9.40 Å². The Morgan fingerprint density at radius 3 is 2.55 bits per heavy atom. The molecule has 104 valence electrons. The summed E-state index contributed by atoms with van der Waals surface area (Å²) in [6.07, 6.45) is 0. The number of rotatable bonds is 4. The number of nitro groups is 1. The number of hydrogen-bond acceptors (Lipinski definition) is 5. The van der Waals surface area contributed by atoms with Gasteiger partial charge in [-0.1, -0.05) is 6.07 Å². The molecule has 20 heavy (non-hydrogen) atoms. The fraction of sp³-hybridized carbons (Fsp3) is 0. The minimum absolute atomic E-state index is 0.164. The Morgan fingerprint density at radius 1 is 1.25 bits per heavy atom. The van der Waals surface area contributed by atoms with Crippen molar-refractivity contribution in [1.82, 2.24) is 0 Å². The number of hydrogen-bond donors (Lipinski definition) is 3. The fourth-order valence-electron chi connectivity index (χ4n) is 1.69. The van der Waals surface area contributed by atoms with Crippen LogP contribution in [0.1, 0.15) is 0 Å². The second kappa shape index (κ2) is 5.85. The van der Waals surface area contributed by atoms with Crippen LogP contribution in [-0.4, -0.2) is 4.92 Å². The Labute approximate surface area is 122 Å². The molecule has 0 amide bonds. The molecule has 0 saturated carbocycles. The molecule has 8 heteroatoms. The zero-order chi connectivity index (χ0) is 14.7. The second-order valence-corrected chi connectivity index (χ2v) is 4.71. The molecular formula is C12H10BrFN4O2. The van der Waals surface area contributed by atoms with E-state index in [0.717, 1.165) is 0 Å². The highest BCUT2D eigenvalue weighted by Crippen LogP contribution is 2.34. The molecule has 0 bridgehead atoms. The number of nitrogen functional groups attached to an aromatic ring is 1. The first-order valence-corrected chi connectivity index (χ1v) is 6.28. The van der Waals surface area contributed by atoms with Crippen molar-refractivity contribution in [3.05, 3.63) is 56.8 Å². The SMILES string of the molecule is NNc1cccc(Nc2ccc(Br)c(F)c2)c1[N+](=O)[O-]. The third-order valence-corrected chi connectivity index (χ3v) is 3.22. The van der Waals surface area contributed by atoms with Crippen LogP contribution in [0, 0.1) is 15.9 Å². The van der Waals surface area contributed by atoms with Gasteiger partial charge in [0.25, 0.3) is 0 Å². The van der Waals surface area contributed by atoms with Crippen LogP contribution in [0.25, 0.3) is 0 Å². The lowest BCUT2D eigenvalue weighted by molar-refractivity contribution is -0.383. The van der Waals surface area contributed by atoms with Gasteiger partial charge in [-0.15, -0.1) is 0 Å². The lowest BCUT2D eigenvalue weighted by atomic mass is 10.2. The number of benzene rings is 2. The summed E-state index contributed by atoms with van der Waals surface area (Å²) in [5, 5.41) is 13.9. The highest BCUT2D eigenvalue weighted by Gasteiger charge is 2.19. The molecule has 0 unspecified atom stereocenters. The van der Waals surface area contributed by atoms with Gasteiger partial charge in [-0.05, 0) is 46.3 Å². The maximum atomic E-state index is 13.4. The van der Waals surface area contributed by atoms with Crippen molar-refractivity contribution >= 4 is 38.7 Å². The molecule has 0 aliphatic heterocycles. The van der Waals surface area contributed by atoms with E-state index in [0.29, 0.717) is 10.2 Å². The average Bonchev–Trinajstić information content (AvgIpc) is 2.42. The standard InChI is InChI=1S/C12H10BrFN4O2/c13-8-5-4-7(6-9(8)14)16-10-2-1-3-11(17-15)12(10)18(19)20/h1-6,16-17H,15H2. The van der Waals surface area contributed by atoms with Crippen LogP contribution in [0.3, 0.4) is 0 Å². The Hall–Kier alpha value is -2.19. The number of anilines is 3. The first-order valence-electron chi connectivity index (χ1n) is 5.49. The molecule has 2 aromatic rings. The van der Waals surface area contributed by atoms with Crippen molar-refractivity contribution < 1.29 is 9.31 Å². The van der Waals surface area contributed by atoms with Crippen LogP contribution in [0.4, 0.5) is 27.1 Å². The lowest BCUT2D eigenvalue weighted by Gasteiger charge is -2.10. The summed E-state index contributed by atoms with van der Waals surface area (Å²) in [5.41, 5.74) is 2.82. The molecular weight excluding hydrogens is 331 g/mol. The molecule has 2 rings (SSSR count). The minimum atomic E-state index is -0.563. The molecule has 0 aliphatic rings. The molecule has 0 aliphatic carbocycles. The Morgan fingerprint density at radius 2 is 1.95 bits per heavy atom. The van der Waals surface area contributed by atoms with E-state index >= 15 is 0 Å². The van der Waals surface area contributed by atoms with Gasteiger partial charge < -0.3 is 10.7 Å². The lowest BCUT2D eigenvalue weighted by Crippen LogP contribution is -2.10. The van der Waals surface area contributed by atoms with E-state index in [9.17, 15) is 14.5 Å². The van der Waals surface area contributed by atoms with Crippen LogP contribution in [0.2, 0.25) is 0 Å². The topological polar surface area (TPSA) is 93.2 Å². The van der Waals surface area contributed by atoms with Gasteiger partial charge in [0.1, 0.15) is 17.2 Å². The van der Waals surface area contributed by atoms with E-state index in [-0.39, 0.29) is 17.1 Å². The largest absolute Gasteiger partial charge is 0.350 e. The maximum absolute atomic E-state index is 13.4. The third kappa shape index (κ3) is 2.86. The summed E-state index contributed by atoms with van der Waals surface area (Å²) in [6.45, 7) is 0. The molecule has 6 nitrogen and oxygen atoms in total. The van der Waals surface area contributed by atoms with Gasteiger partial charge in [-0.3, -0.25) is 16.0 Å². The number of nitrogens with two attached hydrogens (primary N) is 1. The van der Waals surface area contributed by atoms with Crippen molar-refractivity contribution in [3.8, 4) is 0 Å². The van der Waals surface area contributed by atoms with Gasteiger partial charge in [0.15, 0.2) is 0 Å². The minimum Gasteiger partial charge on any atom is -0.350 e. The fourth-order valence-corrected chi connectivity index (χ4v) is 1.93. The van der Waals surface area contributed by atoms with Crippen molar-refractivity contribution in [2.45, 2.75) is 0 Å². The molecule has 2 aromatic carbocycles. The van der Waals surface area contributed by atoms with Gasteiger partial charge in [0.2, 0.25) is 0 Å². The molecule has 0 saturated heterocycles. The van der Waals surface area contributed by atoms with Crippen molar-refractivity contribution in [3.63, 3.8) is 0 Å². The van der Waals surface area contributed by atoms with Gasteiger partial charge in [-0.25, -0.2) is 4.39 Å². The quantitative estimate of drug-likeness (QED) is 0.449. The first-order chi connectivity index (χ1) is 9.52. The molecule has 0 radical (unpaired) electrons. The van der Waals surface area contributed by atoms with Crippen LogP contribution < -0.4 is 16.6 Å². The molecule has 0 fully saturated rings. The molecule has 0 atom stereocenters. The molecule has 4 N–H and O–H groups in total. The van der Waals surface area contributed by atoms with E-state index in [4.69, 9.17) is 5.84 Å². The van der Waals surface area contributed by atoms with Crippen LogP contribution in [0.5, 0.6) is 0 Å². The molecule has 0 aromatic heterocycles. The van der Waals surface area contributed by atoms with Crippen molar-refractivity contribution in [2.24, 2.45) is 5.84 Å². The van der Waals surface area contributed by atoms with Crippen molar-refractivity contribution in [2.75, 3.05) is 10.7 Å². The van der Waals surface area contributed by atoms with Gasteiger partial charge in [0, 0.05) is 5.69 Å². The average molecular weight is 341 g/mol. The van der Waals surface area contributed by atoms with E-state index in [1.165, 1.54) is 24.3 Å². The summed E-state index contributed by atoms with van der Waals surface area (Å²) in [4.78, 5) is 10.5. The monoisotopic (exact) mass is 340 g/mol. The van der Waals surface area contributed by atoms with Crippen LogP contribution in [-0.2, 0) is 0 Å². The highest BCUT2D eigenvalue weighted by molar-refractivity contribution is 9.10. The number of nitro benzene ring substituents is 1. The zero-order valence-corrected chi connectivity index (χ0v) is 11.6. The highest BCUT2D eigenvalue weighted by atomic mass is 79.9. The van der Waals surface area contributed by atoms with Crippen LogP contribution in [0.15, 0.2) is 40.9 Å². The number of nitrogens with zero attached hydrogens (tertiary/aromatic N) is 1. The van der Waals surface area contributed by atoms with E-state index in [1.807, 2.05) is 0 Å². The number of halogens is 2. The molecule has 0 spiro atoms. The predicted molar refractivity (Wildman–Crippen MR) is 78.3 cm³/mol. The van der Waals surface area contributed by atoms with Crippen LogP contribution >= 0.6 is 15.9 Å². The maximum Gasteiger partial charge on any atom is 0.316 e. The summed E-state index contributed by atoms with van der Waals surface area (Å²) in [6, 6.07) is 8.93. The van der Waals surface area contributed by atoms with Crippen molar-refractivity contribution in [1.29, 1.82) is 0 Å². The van der Waals surface area contributed by atoms with Gasteiger partial charge in [-0.2, -0.15) is 0 Å². The normalized spacial score (nSPS) is 10.2. The smallest absolute Gasteiger partial charge is 0.316 e. The summed E-state index contributed by atoms with van der Waals surface area (Å²) < 4.78 is 13.7. The number of nitrogens with one attached hydrogen (secondary N) is 2. The Balaban J connectivity index is 2.42. The van der Waals surface area contributed by atoms with E-state index < -0.39 is 10.7 Å². The zero-order valence-electron chi connectivity index (χ0n) is 10.1. The number of para-hydroxylation sites is 1. The van der Waals surface area contributed by atoms with E-state index in [1.54, 1.807) is 12.1 Å². The predicted octanol–water partition coefficient (Wildman–Crippen LogP) is 3.53. The number of hydrazine groups is 1. The summed E-state index contributed by atoms with van der Waals surface area (Å²) in [5.74, 6) is 4.78. The van der Waals surface area contributed by atoms with E-state index in [2.05, 4.69) is 26.7 Å². The third-order valence-electron chi connectivity index (χ3n) is 2.57.